The molecule has 0 aliphatic heterocycles. The molecule has 0 unspecified atom stereocenters. The average Bonchev–Trinajstić information content (AvgIpc) is 2.60. The Kier molecular flexibility index (Phi) is 5.85. The van der Waals surface area contributed by atoms with Crippen molar-refractivity contribution < 1.29 is 24.6 Å². The Labute approximate surface area is 157 Å². The average molecular weight is 370 g/mol. The molecule has 0 aromatic heterocycles. The first-order chi connectivity index (χ1) is 12.6. The summed E-state index contributed by atoms with van der Waals surface area (Å²) in [5.41, 5.74) is 1.37. The van der Waals surface area contributed by atoms with Crippen LogP contribution in [0.4, 0.5) is 5.69 Å². The molecule has 2 amide bonds. The van der Waals surface area contributed by atoms with Crippen LogP contribution in [0.1, 0.15) is 47.1 Å². The molecule has 0 bridgehead atoms. The van der Waals surface area contributed by atoms with E-state index in [9.17, 15) is 19.5 Å². The maximum atomic E-state index is 12.2. The van der Waals surface area contributed by atoms with E-state index in [2.05, 4.69) is 31.4 Å². The predicted molar refractivity (Wildman–Crippen MR) is 101 cm³/mol. The molecular weight excluding hydrogens is 348 g/mol. The maximum Gasteiger partial charge on any atom is 0.335 e. The second-order valence-corrected chi connectivity index (χ2v) is 7.10. The molecule has 0 heterocycles. The highest BCUT2D eigenvalue weighted by Crippen LogP contribution is 2.24. The molecule has 2 aromatic rings. The number of amides is 2. The second-order valence-electron chi connectivity index (χ2n) is 7.10. The third kappa shape index (κ3) is 5.31. The molecule has 0 spiro atoms. The molecule has 0 aliphatic rings. The predicted octanol–water partition coefficient (Wildman–Crippen LogP) is 2.76. The quantitative estimate of drug-likeness (QED) is 0.604. The van der Waals surface area contributed by atoms with Gasteiger partial charge in [-0.3, -0.25) is 9.59 Å². The number of phenolic OH excluding ortho intramolecular Hbond substituents is 1. The number of aromatic hydroxyl groups is 1. The zero-order chi connectivity index (χ0) is 20.2. The van der Waals surface area contributed by atoms with Crippen molar-refractivity contribution in [2.24, 2.45) is 0 Å². The molecule has 4 N–H and O–H groups in total. The van der Waals surface area contributed by atoms with Crippen LogP contribution in [0, 0.1) is 0 Å². The van der Waals surface area contributed by atoms with Crippen molar-refractivity contribution in [1.82, 2.24) is 5.32 Å². The molecule has 0 atom stereocenters. The van der Waals surface area contributed by atoms with Crippen molar-refractivity contribution in [3.05, 3.63) is 59.2 Å². The van der Waals surface area contributed by atoms with E-state index in [4.69, 9.17) is 5.11 Å². The van der Waals surface area contributed by atoms with Gasteiger partial charge in [-0.25, -0.2) is 4.79 Å². The first-order valence-corrected chi connectivity index (χ1v) is 8.33. The van der Waals surface area contributed by atoms with E-state index in [0.29, 0.717) is 5.56 Å². The van der Waals surface area contributed by atoms with Crippen LogP contribution in [-0.4, -0.2) is 34.5 Å². The van der Waals surface area contributed by atoms with Gasteiger partial charge in [-0.15, -0.1) is 0 Å². The summed E-state index contributed by atoms with van der Waals surface area (Å²) in [7, 11) is 0. The largest absolute Gasteiger partial charge is 0.506 e. The topological polar surface area (TPSA) is 116 Å². The van der Waals surface area contributed by atoms with Crippen LogP contribution in [0.3, 0.4) is 0 Å². The summed E-state index contributed by atoms with van der Waals surface area (Å²) in [6, 6.07) is 10.6. The van der Waals surface area contributed by atoms with Gasteiger partial charge in [-0.05, 0) is 41.3 Å². The van der Waals surface area contributed by atoms with Gasteiger partial charge in [0, 0.05) is 5.56 Å². The first-order valence-electron chi connectivity index (χ1n) is 8.33. The number of carboxylic acid groups (broad SMARTS) is 1. The lowest BCUT2D eigenvalue weighted by Crippen LogP contribution is -2.33. The van der Waals surface area contributed by atoms with Gasteiger partial charge in [0.25, 0.3) is 5.91 Å². The van der Waals surface area contributed by atoms with E-state index in [1.807, 2.05) is 12.1 Å². The molecule has 27 heavy (non-hydrogen) atoms. The lowest BCUT2D eigenvalue weighted by molar-refractivity contribution is -0.115. The van der Waals surface area contributed by atoms with Crippen LogP contribution in [-0.2, 0) is 10.2 Å². The number of aromatic carboxylic acids is 1. The molecule has 2 rings (SSSR count). The van der Waals surface area contributed by atoms with Gasteiger partial charge in [0.1, 0.15) is 5.75 Å². The van der Waals surface area contributed by atoms with Gasteiger partial charge in [-0.1, -0.05) is 32.9 Å². The standard InChI is InChI=1S/C20H22N2O5/c1-20(2,3)14-7-4-12(5-8-14)18(25)21-11-17(24)22-15-10-13(19(26)27)6-9-16(15)23/h4-10,23H,11H2,1-3H3,(H,21,25)(H,22,24)(H,26,27). The molecule has 142 valence electrons. The lowest BCUT2D eigenvalue weighted by atomic mass is 9.87. The number of hydrogen-bond donors (Lipinski definition) is 4. The number of carbonyl (C=O) groups excluding carboxylic acids is 2. The number of carboxylic acids is 1. The minimum atomic E-state index is -1.18. The summed E-state index contributed by atoms with van der Waals surface area (Å²) in [4.78, 5) is 35.1. The minimum Gasteiger partial charge on any atom is -0.506 e. The zero-order valence-electron chi connectivity index (χ0n) is 15.4. The SMILES string of the molecule is CC(C)(C)c1ccc(C(=O)NCC(=O)Nc2cc(C(=O)O)ccc2O)cc1. The van der Waals surface area contributed by atoms with Crippen molar-refractivity contribution in [1.29, 1.82) is 0 Å². The third-order valence-corrected chi connectivity index (χ3v) is 3.94. The molecular formula is C20H22N2O5. The van der Waals surface area contributed by atoms with Crippen molar-refractivity contribution in [3.8, 4) is 5.75 Å². The smallest absolute Gasteiger partial charge is 0.335 e. The zero-order valence-corrected chi connectivity index (χ0v) is 15.4. The summed E-state index contributed by atoms with van der Waals surface area (Å²) < 4.78 is 0. The van der Waals surface area contributed by atoms with E-state index in [1.165, 1.54) is 12.1 Å². The van der Waals surface area contributed by atoms with Gasteiger partial charge < -0.3 is 20.8 Å². The Morgan fingerprint density at radius 3 is 2.11 bits per heavy atom. The molecule has 0 fully saturated rings. The number of rotatable bonds is 5. The number of nitrogens with one attached hydrogen (secondary N) is 2. The van der Waals surface area contributed by atoms with Crippen molar-refractivity contribution in [3.63, 3.8) is 0 Å². The highest BCUT2D eigenvalue weighted by Gasteiger charge is 2.15. The second kappa shape index (κ2) is 7.90. The van der Waals surface area contributed by atoms with E-state index >= 15 is 0 Å². The molecule has 0 saturated heterocycles. The first kappa shape index (κ1) is 20.0. The Hall–Kier alpha value is -3.35. The van der Waals surface area contributed by atoms with Gasteiger partial charge in [0.15, 0.2) is 0 Å². The van der Waals surface area contributed by atoms with Crippen molar-refractivity contribution in [2.75, 3.05) is 11.9 Å². The van der Waals surface area contributed by atoms with Gasteiger partial charge in [0.05, 0.1) is 17.8 Å². The van der Waals surface area contributed by atoms with Crippen LogP contribution < -0.4 is 10.6 Å². The third-order valence-electron chi connectivity index (χ3n) is 3.94. The maximum absolute atomic E-state index is 12.2. The number of phenols is 1. The summed E-state index contributed by atoms with van der Waals surface area (Å²) in [5, 5.41) is 23.5. The summed E-state index contributed by atoms with van der Waals surface area (Å²) >= 11 is 0. The number of carbonyl (C=O) groups is 3. The highest BCUT2D eigenvalue weighted by atomic mass is 16.4. The van der Waals surface area contributed by atoms with E-state index < -0.39 is 17.8 Å². The summed E-state index contributed by atoms with van der Waals surface area (Å²) in [6.07, 6.45) is 0. The fourth-order valence-electron chi connectivity index (χ4n) is 2.35. The molecule has 2 aromatic carbocycles. The van der Waals surface area contributed by atoms with Crippen LogP contribution >= 0.6 is 0 Å². The Balaban J connectivity index is 1.96. The highest BCUT2D eigenvalue weighted by molar-refractivity contribution is 6.00. The fourth-order valence-corrected chi connectivity index (χ4v) is 2.35. The molecule has 7 heteroatoms. The normalized spacial score (nSPS) is 10.9. The van der Waals surface area contributed by atoms with Gasteiger partial charge >= 0.3 is 5.97 Å². The molecule has 0 aliphatic carbocycles. The molecule has 0 saturated carbocycles. The van der Waals surface area contributed by atoms with Crippen LogP contribution in [0.25, 0.3) is 0 Å². The molecule has 7 nitrogen and oxygen atoms in total. The van der Waals surface area contributed by atoms with Gasteiger partial charge in [0.2, 0.25) is 5.91 Å². The van der Waals surface area contributed by atoms with Crippen molar-refractivity contribution >= 4 is 23.5 Å². The number of benzene rings is 2. The number of anilines is 1. The lowest BCUT2D eigenvalue weighted by Gasteiger charge is -2.19. The summed E-state index contributed by atoms with van der Waals surface area (Å²) in [6.45, 7) is 5.89. The Bertz CT molecular complexity index is 867. The Morgan fingerprint density at radius 1 is 0.963 bits per heavy atom. The summed E-state index contributed by atoms with van der Waals surface area (Å²) in [5.74, 6) is -2.45. The fraction of sp³-hybridized carbons (Fsp3) is 0.250. The van der Waals surface area contributed by atoms with Crippen molar-refractivity contribution in [2.45, 2.75) is 26.2 Å². The van der Waals surface area contributed by atoms with Crippen LogP contribution in [0.2, 0.25) is 0 Å². The minimum absolute atomic E-state index is 0.0264. The van der Waals surface area contributed by atoms with Crippen LogP contribution in [0.15, 0.2) is 42.5 Å². The molecule has 0 radical (unpaired) electrons. The van der Waals surface area contributed by atoms with E-state index in [-0.39, 0.29) is 29.0 Å². The van der Waals surface area contributed by atoms with E-state index in [0.717, 1.165) is 11.6 Å². The monoisotopic (exact) mass is 370 g/mol. The van der Waals surface area contributed by atoms with Gasteiger partial charge in [-0.2, -0.15) is 0 Å². The Morgan fingerprint density at radius 2 is 1.56 bits per heavy atom. The van der Waals surface area contributed by atoms with Crippen LogP contribution in [0.5, 0.6) is 5.75 Å². The number of hydrogen-bond acceptors (Lipinski definition) is 4. The van der Waals surface area contributed by atoms with E-state index in [1.54, 1.807) is 12.1 Å².